The van der Waals surface area contributed by atoms with Crippen molar-refractivity contribution in [3.63, 3.8) is 0 Å². The van der Waals surface area contributed by atoms with Crippen LogP contribution in [-0.4, -0.2) is 20.8 Å². The second-order valence-electron chi connectivity index (χ2n) is 6.33. The molecule has 2 rings (SSSR count). The van der Waals surface area contributed by atoms with Crippen LogP contribution >= 0.6 is 0 Å². The molecule has 1 aliphatic rings. The van der Waals surface area contributed by atoms with Crippen LogP contribution in [0.4, 0.5) is 0 Å². The van der Waals surface area contributed by atoms with E-state index in [2.05, 4.69) is 40.9 Å². The van der Waals surface area contributed by atoms with Gasteiger partial charge in [0, 0.05) is 12.6 Å². The molecule has 0 aromatic carbocycles. The average molecular weight is 278 g/mol. The van der Waals surface area contributed by atoms with Gasteiger partial charge in [0.25, 0.3) is 0 Å². The monoisotopic (exact) mass is 278 g/mol. The lowest BCUT2D eigenvalue weighted by Crippen LogP contribution is -2.36. The molecule has 1 aromatic rings. The van der Waals surface area contributed by atoms with Crippen molar-refractivity contribution < 1.29 is 0 Å². The maximum atomic E-state index is 4.28. The highest BCUT2D eigenvalue weighted by Gasteiger charge is 2.24. The summed E-state index contributed by atoms with van der Waals surface area (Å²) in [5, 5.41) is 12.1. The zero-order valence-electron chi connectivity index (χ0n) is 13.5. The molecule has 1 saturated carbocycles. The molecule has 0 aliphatic heterocycles. The Morgan fingerprint density at radius 2 is 1.90 bits per heavy atom. The van der Waals surface area contributed by atoms with Gasteiger partial charge in [-0.3, -0.25) is 0 Å². The highest BCUT2D eigenvalue weighted by Crippen LogP contribution is 2.31. The lowest BCUT2D eigenvalue weighted by atomic mass is 9.78. The van der Waals surface area contributed by atoms with Gasteiger partial charge in [-0.25, -0.2) is 0 Å². The molecule has 4 nitrogen and oxygen atoms in total. The molecule has 1 aromatic heterocycles. The third kappa shape index (κ3) is 3.60. The van der Waals surface area contributed by atoms with E-state index >= 15 is 0 Å². The Labute approximate surface area is 123 Å². The number of aromatic nitrogens is 3. The van der Waals surface area contributed by atoms with Crippen LogP contribution in [0.5, 0.6) is 0 Å². The van der Waals surface area contributed by atoms with Gasteiger partial charge in [0.1, 0.15) is 11.6 Å². The molecule has 0 unspecified atom stereocenters. The molecule has 114 valence electrons. The normalized spacial score (nSPS) is 20.0. The minimum Gasteiger partial charge on any atom is -0.314 e. The van der Waals surface area contributed by atoms with E-state index in [1.54, 1.807) is 0 Å². The zero-order chi connectivity index (χ0) is 14.5. The van der Waals surface area contributed by atoms with Crippen molar-refractivity contribution in [2.24, 2.45) is 11.8 Å². The molecule has 1 N–H and O–H groups in total. The molecule has 1 fully saturated rings. The zero-order valence-corrected chi connectivity index (χ0v) is 13.5. The van der Waals surface area contributed by atoms with Crippen molar-refractivity contribution in [3.05, 3.63) is 11.6 Å². The molecule has 1 heterocycles. The van der Waals surface area contributed by atoms with Crippen LogP contribution in [0.1, 0.15) is 64.5 Å². The van der Waals surface area contributed by atoms with Crippen LogP contribution in [-0.2, 0) is 13.1 Å². The predicted octanol–water partition coefficient (Wildman–Crippen LogP) is 3.30. The molecular weight excluding hydrogens is 248 g/mol. The van der Waals surface area contributed by atoms with Crippen molar-refractivity contribution >= 4 is 0 Å². The molecule has 2 atom stereocenters. The van der Waals surface area contributed by atoms with Gasteiger partial charge in [0.2, 0.25) is 0 Å². The molecule has 4 heteroatoms. The van der Waals surface area contributed by atoms with Crippen LogP contribution in [0.2, 0.25) is 0 Å². The van der Waals surface area contributed by atoms with Crippen molar-refractivity contribution in [3.8, 4) is 0 Å². The molecule has 0 spiro atoms. The number of hydrogen-bond acceptors (Lipinski definition) is 3. The number of aryl methyl sites for hydroxylation is 1. The number of hydrogen-bond donors (Lipinski definition) is 1. The Morgan fingerprint density at radius 1 is 1.20 bits per heavy atom. The van der Waals surface area contributed by atoms with Gasteiger partial charge < -0.3 is 9.88 Å². The van der Waals surface area contributed by atoms with Crippen LogP contribution in [0.3, 0.4) is 0 Å². The van der Waals surface area contributed by atoms with Gasteiger partial charge in [0.15, 0.2) is 0 Å². The maximum absolute atomic E-state index is 4.28. The summed E-state index contributed by atoms with van der Waals surface area (Å²) in [6.45, 7) is 10.7. The summed E-state index contributed by atoms with van der Waals surface area (Å²) in [5.74, 6) is 3.72. The largest absolute Gasteiger partial charge is 0.314 e. The van der Waals surface area contributed by atoms with Crippen molar-refractivity contribution in [2.45, 2.75) is 78.9 Å². The Kier molecular flexibility index (Phi) is 5.58. The Balaban J connectivity index is 1.86. The fourth-order valence-electron chi connectivity index (χ4n) is 3.47. The standard InChI is InChI=1S/C16H30N4/c1-5-20-14(4)18-19-16(20)11-17-13(3)12(2)15-9-7-6-8-10-15/h12-13,15,17H,5-11H2,1-4H3/t12-,13-/m0/s1. The van der Waals surface area contributed by atoms with Crippen molar-refractivity contribution in [1.29, 1.82) is 0 Å². The van der Waals surface area contributed by atoms with Gasteiger partial charge in [-0.05, 0) is 32.6 Å². The van der Waals surface area contributed by atoms with Gasteiger partial charge in [-0.15, -0.1) is 10.2 Å². The molecular formula is C16H30N4. The van der Waals surface area contributed by atoms with E-state index in [9.17, 15) is 0 Å². The van der Waals surface area contributed by atoms with Gasteiger partial charge in [-0.1, -0.05) is 39.0 Å². The fraction of sp³-hybridized carbons (Fsp3) is 0.875. The third-order valence-corrected chi connectivity index (χ3v) is 5.09. The van der Waals surface area contributed by atoms with E-state index in [0.29, 0.717) is 6.04 Å². The highest BCUT2D eigenvalue weighted by molar-refractivity contribution is 4.94. The molecule has 0 amide bonds. The minimum absolute atomic E-state index is 0.542. The van der Waals surface area contributed by atoms with Crippen LogP contribution in [0.25, 0.3) is 0 Å². The van der Waals surface area contributed by atoms with Crippen LogP contribution in [0.15, 0.2) is 0 Å². The minimum atomic E-state index is 0.542. The number of rotatable bonds is 6. The summed E-state index contributed by atoms with van der Waals surface area (Å²) < 4.78 is 2.19. The predicted molar refractivity (Wildman–Crippen MR) is 82.5 cm³/mol. The SMILES string of the molecule is CCn1c(C)nnc1CN[C@@H](C)[C@H](C)C1CCCCC1. The Bertz CT molecular complexity index is 407. The van der Waals surface area contributed by atoms with E-state index < -0.39 is 0 Å². The average Bonchev–Trinajstić information content (AvgIpc) is 2.85. The summed E-state index contributed by atoms with van der Waals surface area (Å²) in [6.07, 6.45) is 7.11. The molecule has 20 heavy (non-hydrogen) atoms. The van der Waals surface area contributed by atoms with Crippen molar-refractivity contribution in [2.75, 3.05) is 0 Å². The molecule has 0 radical (unpaired) electrons. The summed E-state index contributed by atoms with van der Waals surface area (Å²) in [6, 6.07) is 0.542. The van der Waals surface area contributed by atoms with Crippen LogP contribution < -0.4 is 5.32 Å². The molecule has 1 aliphatic carbocycles. The van der Waals surface area contributed by atoms with Gasteiger partial charge >= 0.3 is 0 Å². The second kappa shape index (κ2) is 7.21. The lowest BCUT2D eigenvalue weighted by Gasteiger charge is -2.32. The van der Waals surface area contributed by atoms with E-state index in [0.717, 1.165) is 36.6 Å². The van der Waals surface area contributed by atoms with E-state index in [-0.39, 0.29) is 0 Å². The lowest BCUT2D eigenvalue weighted by molar-refractivity contribution is 0.217. The topological polar surface area (TPSA) is 42.7 Å². The highest BCUT2D eigenvalue weighted by atomic mass is 15.3. The van der Waals surface area contributed by atoms with Gasteiger partial charge in [-0.2, -0.15) is 0 Å². The first kappa shape index (κ1) is 15.5. The summed E-state index contributed by atoms with van der Waals surface area (Å²) in [4.78, 5) is 0. The molecule has 0 saturated heterocycles. The maximum Gasteiger partial charge on any atom is 0.146 e. The first-order valence-electron chi connectivity index (χ1n) is 8.25. The quantitative estimate of drug-likeness (QED) is 0.868. The number of nitrogens with zero attached hydrogens (tertiary/aromatic N) is 3. The number of nitrogens with one attached hydrogen (secondary N) is 1. The summed E-state index contributed by atoms with van der Waals surface area (Å²) >= 11 is 0. The van der Waals surface area contributed by atoms with E-state index in [1.807, 2.05) is 6.92 Å². The van der Waals surface area contributed by atoms with Crippen molar-refractivity contribution in [1.82, 2.24) is 20.1 Å². The first-order valence-corrected chi connectivity index (χ1v) is 8.25. The van der Waals surface area contributed by atoms with E-state index in [1.165, 1.54) is 32.1 Å². The third-order valence-electron chi connectivity index (χ3n) is 5.09. The molecule has 0 bridgehead atoms. The summed E-state index contributed by atoms with van der Waals surface area (Å²) in [7, 11) is 0. The van der Waals surface area contributed by atoms with E-state index in [4.69, 9.17) is 0 Å². The summed E-state index contributed by atoms with van der Waals surface area (Å²) in [5.41, 5.74) is 0. The second-order valence-corrected chi connectivity index (χ2v) is 6.33. The van der Waals surface area contributed by atoms with Crippen LogP contribution in [0, 0.1) is 18.8 Å². The Morgan fingerprint density at radius 3 is 2.55 bits per heavy atom. The Hall–Kier alpha value is -0.900. The first-order chi connectivity index (χ1) is 9.63. The fourth-order valence-corrected chi connectivity index (χ4v) is 3.47. The smallest absolute Gasteiger partial charge is 0.146 e. The van der Waals surface area contributed by atoms with Gasteiger partial charge in [0.05, 0.1) is 6.54 Å².